The highest BCUT2D eigenvalue weighted by atomic mass is 19.1. The average Bonchev–Trinajstić information content (AvgIpc) is 3.44. The van der Waals surface area contributed by atoms with Gasteiger partial charge in [-0.25, -0.2) is 9.18 Å². The van der Waals surface area contributed by atoms with Gasteiger partial charge in [-0.15, -0.1) is 0 Å². The van der Waals surface area contributed by atoms with Gasteiger partial charge in [0.15, 0.2) is 0 Å². The van der Waals surface area contributed by atoms with Gasteiger partial charge < -0.3 is 15.0 Å². The first-order valence-corrected chi connectivity index (χ1v) is 14.0. The molecular formula is C37H29FN2O3. The predicted molar refractivity (Wildman–Crippen MR) is 168 cm³/mol. The van der Waals surface area contributed by atoms with Crippen molar-refractivity contribution in [2.24, 2.45) is 0 Å². The maximum absolute atomic E-state index is 13.9. The van der Waals surface area contributed by atoms with Crippen LogP contribution in [-0.2, 0) is 6.54 Å². The zero-order valence-corrected chi connectivity index (χ0v) is 23.5. The third kappa shape index (κ3) is 5.95. The molecule has 5 aromatic carbocycles. The van der Waals surface area contributed by atoms with Crippen molar-refractivity contribution in [3.05, 3.63) is 156 Å². The molecule has 1 aromatic heterocycles. The van der Waals surface area contributed by atoms with Crippen LogP contribution in [0.15, 0.2) is 128 Å². The van der Waals surface area contributed by atoms with E-state index in [1.54, 1.807) is 24.3 Å². The number of fused-ring (bicyclic) bond motifs is 1. The lowest BCUT2D eigenvalue weighted by molar-refractivity contribution is 0.0696. The van der Waals surface area contributed by atoms with E-state index in [2.05, 4.69) is 46.3 Å². The number of benzene rings is 5. The van der Waals surface area contributed by atoms with E-state index in [1.807, 2.05) is 49.5 Å². The zero-order chi connectivity index (χ0) is 29.9. The van der Waals surface area contributed by atoms with Gasteiger partial charge in [0.2, 0.25) is 0 Å². The Hall–Kier alpha value is -5.49. The van der Waals surface area contributed by atoms with Crippen molar-refractivity contribution < 1.29 is 19.1 Å². The number of amides is 1. The summed E-state index contributed by atoms with van der Waals surface area (Å²) in [6.07, 6.45) is 1.98. The first-order chi connectivity index (χ1) is 20.9. The van der Waals surface area contributed by atoms with Crippen LogP contribution >= 0.6 is 0 Å². The van der Waals surface area contributed by atoms with Crippen molar-refractivity contribution in [3.8, 4) is 22.3 Å². The SMILES string of the molecule is C[C@H](NC(=O)c1cc(-c2ccc(F)cc2)cc2ccn(Cc3ccc(-c4ccccc4)cc3)c12)c1ccc(C(=O)O)cc1. The Morgan fingerprint density at radius 2 is 1.40 bits per heavy atom. The van der Waals surface area contributed by atoms with Gasteiger partial charge >= 0.3 is 5.97 Å². The Morgan fingerprint density at radius 3 is 2.07 bits per heavy atom. The van der Waals surface area contributed by atoms with Gasteiger partial charge in [0.25, 0.3) is 5.91 Å². The summed E-state index contributed by atoms with van der Waals surface area (Å²) in [6.45, 7) is 2.43. The highest BCUT2D eigenvalue weighted by molar-refractivity contribution is 6.08. The molecule has 0 saturated heterocycles. The molecule has 0 fully saturated rings. The van der Waals surface area contributed by atoms with E-state index in [9.17, 15) is 19.1 Å². The topological polar surface area (TPSA) is 71.3 Å². The molecule has 2 N–H and O–H groups in total. The number of carboxylic acid groups (broad SMARTS) is 1. The summed E-state index contributed by atoms with van der Waals surface area (Å²) in [5.41, 5.74) is 7.26. The molecule has 0 spiro atoms. The highest BCUT2D eigenvalue weighted by Crippen LogP contribution is 2.30. The van der Waals surface area contributed by atoms with Crippen LogP contribution in [0, 0.1) is 5.82 Å². The number of hydrogen-bond acceptors (Lipinski definition) is 2. The monoisotopic (exact) mass is 568 g/mol. The maximum Gasteiger partial charge on any atom is 0.335 e. The largest absolute Gasteiger partial charge is 0.478 e. The third-order valence-electron chi connectivity index (χ3n) is 7.70. The molecule has 0 saturated carbocycles. The predicted octanol–water partition coefficient (Wildman–Crippen LogP) is 8.35. The second kappa shape index (κ2) is 11.8. The molecule has 6 heteroatoms. The van der Waals surface area contributed by atoms with Crippen molar-refractivity contribution in [1.82, 2.24) is 9.88 Å². The van der Waals surface area contributed by atoms with Crippen molar-refractivity contribution in [1.29, 1.82) is 0 Å². The minimum atomic E-state index is -1.00. The quantitative estimate of drug-likeness (QED) is 0.194. The van der Waals surface area contributed by atoms with Crippen molar-refractivity contribution in [2.45, 2.75) is 19.5 Å². The number of halogens is 1. The summed E-state index contributed by atoms with van der Waals surface area (Å²) in [6, 6.07) is 36.8. The number of aromatic nitrogens is 1. The molecule has 212 valence electrons. The van der Waals surface area contributed by atoms with Gasteiger partial charge in [0.05, 0.1) is 22.7 Å². The summed E-state index contributed by atoms with van der Waals surface area (Å²) in [7, 11) is 0. The molecule has 0 aliphatic carbocycles. The summed E-state index contributed by atoms with van der Waals surface area (Å²) < 4.78 is 15.7. The first-order valence-electron chi connectivity index (χ1n) is 14.0. The fourth-order valence-corrected chi connectivity index (χ4v) is 5.37. The number of hydrogen-bond donors (Lipinski definition) is 2. The third-order valence-corrected chi connectivity index (χ3v) is 7.70. The van der Waals surface area contributed by atoms with Crippen LogP contribution in [0.2, 0.25) is 0 Å². The van der Waals surface area contributed by atoms with E-state index in [-0.39, 0.29) is 23.3 Å². The van der Waals surface area contributed by atoms with Gasteiger partial charge in [0, 0.05) is 18.1 Å². The lowest BCUT2D eigenvalue weighted by atomic mass is 9.99. The van der Waals surface area contributed by atoms with Crippen LogP contribution in [0.25, 0.3) is 33.2 Å². The minimum Gasteiger partial charge on any atom is -0.478 e. The second-order valence-electron chi connectivity index (χ2n) is 10.6. The first kappa shape index (κ1) is 27.7. The Kier molecular flexibility index (Phi) is 7.58. The van der Waals surface area contributed by atoms with E-state index >= 15 is 0 Å². The molecule has 0 aliphatic rings. The summed E-state index contributed by atoms with van der Waals surface area (Å²) in [5.74, 6) is -1.59. The van der Waals surface area contributed by atoms with Crippen LogP contribution in [0.3, 0.4) is 0 Å². The number of carboxylic acids is 1. The normalized spacial score (nSPS) is 11.8. The van der Waals surface area contributed by atoms with Gasteiger partial charge in [-0.1, -0.05) is 78.9 Å². The lowest BCUT2D eigenvalue weighted by Crippen LogP contribution is -2.27. The molecule has 0 bridgehead atoms. The number of carbonyl (C=O) groups excluding carboxylic acids is 1. The van der Waals surface area contributed by atoms with E-state index in [1.165, 1.54) is 24.3 Å². The smallest absolute Gasteiger partial charge is 0.335 e. The Labute approximate surface area is 248 Å². The molecule has 0 radical (unpaired) electrons. The van der Waals surface area contributed by atoms with Crippen LogP contribution in [-0.4, -0.2) is 21.6 Å². The molecule has 5 nitrogen and oxygen atoms in total. The Balaban J connectivity index is 1.35. The van der Waals surface area contributed by atoms with Gasteiger partial charge in [0.1, 0.15) is 5.82 Å². The fourth-order valence-electron chi connectivity index (χ4n) is 5.37. The Morgan fingerprint density at radius 1 is 0.767 bits per heavy atom. The minimum absolute atomic E-state index is 0.186. The van der Waals surface area contributed by atoms with Crippen LogP contribution in [0.1, 0.15) is 44.8 Å². The number of nitrogens with zero attached hydrogens (tertiary/aromatic N) is 1. The molecule has 1 amide bonds. The van der Waals surface area contributed by atoms with Crippen molar-refractivity contribution >= 4 is 22.8 Å². The second-order valence-corrected chi connectivity index (χ2v) is 10.6. The number of nitrogens with one attached hydrogen (secondary N) is 1. The molecule has 0 unspecified atom stereocenters. The lowest BCUT2D eigenvalue weighted by Gasteiger charge is -2.17. The van der Waals surface area contributed by atoms with E-state index in [0.29, 0.717) is 12.1 Å². The van der Waals surface area contributed by atoms with E-state index in [0.717, 1.165) is 44.3 Å². The van der Waals surface area contributed by atoms with Gasteiger partial charge in [-0.05, 0) is 82.8 Å². The van der Waals surface area contributed by atoms with Crippen molar-refractivity contribution in [2.75, 3.05) is 0 Å². The molecule has 43 heavy (non-hydrogen) atoms. The molecule has 1 heterocycles. The summed E-state index contributed by atoms with van der Waals surface area (Å²) >= 11 is 0. The average molecular weight is 569 g/mol. The van der Waals surface area contributed by atoms with Gasteiger partial charge in [-0.3, -0.25) is 4.79 Å². The zero-order valence-electron chi connectivity index (χ0n) is 23.5. The Bertz CT molecular complexity index is 1910. The van der Waals surface area contributed by atoms with Gasteiger partial charge in [-0.2, -0.15) is 0 Å². The number of rotatable bonds is 8. The summed E-state index contributed by atoms with van der Waals surface area (Å²) in [4.78, 5) is 25.1. The van der Waals surface area contributed by atoms with Crippen LogP contribution in [0.4, 0.5) is 4.39 Å². The summed E-state index contributed by atoms with van der Waals surface area (Å²) in [5, 5.41) is 13.2. The standard InChI is InChI=1S/C37H29FN2O3/c1-24(26-11-13-30(14-12-26)37(42)43)39-36(41)34-22-32(29-15-17-33(38)18-16-29)21-31-19-20-40(35(31)34)23-25-7-9-28(10-8-25)27-5-3-2-4-6-27/h2-22,24H,23H2,1H3,(H,39,41)(H,42,43)/t24-/m0/s1. The van der Waals surface area contributed by atoms with E-state index < -0.39 is 5.97 Å². The van der Waals surface area contributed by atoms with E-state index in [4.69, 9.17) is 0 Å². The molecular weight excluding hydrogens is 539 g/mol. The highest BCUT2D eigenvalue weighted by Gasteiger charge is 2.19. The van der Waals surface area contributed by atoms with Crippen LogP contribution in [0.5, 0.6) is 0 Å². The molecule has 0 aliphatic heterocycles. The van der Waals surface area contributed by atoms with Crippen molar-refractivity contribution in [3.63, 3.8) is 0 Å². The molecule has 1 atom stereocenters. The fraction of sp³-hybridized carbons (Fsp3) is 0.0811. The molecule has 6 aromatic rings. The van der Waals surface area contributed by atoms with Crippen LogP contribution < -0.4 is 5.32 Å². The number of aromatic carboxylic acids is 1. The molecule has 6 rings (SSSR count). The maximum atomic E-state index is 13.9. The number of carbonyl (C=O) groups is 2.